The highest BCUT2D eigenvalue weighted by atomic mass is 16.1. The molecule has 4 heteroatoms. The van der Waals surface area contributed by atoms with E-state index in [0.717, 1.165) is 28.7 Å². The molecule has 2 aromatic rings. The van der Waals surface area contributed by atoms with Crippen molar-refractivity contribution in [2.24, 2.45) is 0 Å². The number of nitrogens with zero attached hydrogens (tertiary/aromatic N) is 1. The van der Waals surface area contributed by atoms with Gasteiger partial charge in [-0.15, -0.1) is 0 Å². The average Bonchev–Trinajstić information content (AvgIpc) is 2.79. The Balaban J connectivity index is 1.93. The highest BCUT2D eigenvalue weighted by Gasteiger charge is 2.15. The van der Waals surface area contributed by atoms with E-state index >= 15 is 0 Å². The Hall–Kier alpha value is -1.81. The molecular weight excluding hydrogens is 286 g/mol. The van der Waals surface area contributed by atoms with Gasteiger partial charge >= 0.3 is 0 Å². The van der Waals surface area contributed by atoms with Crippen LogP contribution in [0.2, 0.25) is 0 Å². The number of para-hydroxylation sites is 1. The molecule has 126 valence electrons. The van der Waals surface area contributed by atoms with Gasteiger partial charge in [-0.1, -0.05) is 18.2 Å². The summed E-state index contributed by atoms with van der Waals surface area (Å²) < 4.78 is 0. The molecule has 0 radical (unpaired) electrons. The van der Waals surface area contributed by atoms with Crippen LogP contribution in [-0.4, -0.2) is 41.0 Å². The second kappa shape index (κ2) is 7.64. The molecule has 0 spiro atoms. The number of nitrogens with one attached hydrogen (secondary N) is 2. The number of H-pyrrole nitrogens is 1. The van der Waals surface area contributed by atoms with Crippen LogP contribution in [0.25, 0.3) is 10.9 Å². The van der Waals surface area contributed by atoms with E-state index in [1.165, 1.54) is 0 Å². The summed E-state index contributed by atoms with van der Waals surface area (Å²) in [4.78, 5) is 18.0. The van der Waals surface area contributed by atoms with Crippen LogP contribution >= 0.6 is 0 Å². The van der Waals surface area contributed by atoms with Crippen LogP contribution in [0.1, 0.15) is 39.0 Å². The predicted molar refractivity (Wildman–Crippen MR) is 96.7 cm³/mol. The molecule has 1 heterocycles. The van der Waals surface area contributed by atoms with E-state index in [1.54, 1.807) is 0 Å². The van der Waals surface area contributed by atoms with E-state index in [9.17, 15) is 4.79 Å². The maximum absolute atomic E-state index is 12.3. The molecule has 4 nitrogen and oxygen atoms in total. The highest BCUT2D eigenvalue weighted by Crippen LogP contribution is 2.22. The lowest BCUT2D eigenvalue weighted by atomic mass is 10.1. The van der Waals surface area contributed by atoms with Gasteiger partial charge in [-0.25, -0.2) is 0 Å². The average molecular weight is 315 g/mol. The van der Waals surface area contributed by atoms with E-state index in [0.29, 0.717) is 25.0 Å². The van der Waals surface area contributed by atoms with Gasteiger partial charge in [0.1, 0.15) is 0 Å². The van der Waals surface area contributed by atoms with Gasteiger partial charge in [0, 0.05) is 41.8 Å². The molecule has 0 fully saturated rings. The zero-order valence-corrected chi connectivity index (χ0v) is 14.9. The summed E-state index contributed by atoms with van der Waals surface area (Å²) in [6.45, 7) is 12.4. The van der Waals surface area contributed by atoms with Crippen molar-refractivity contribution < 1.29 is 4.79 Å². The van der Waals surface area contributed by atoms with Crippen LogP contribution < -0.4 is 5.32 Å². The van der Waals surface area contributed by atoms with E-state index in [2.05, 4.69) is 49.0 Å². The van der Waals surface area contributed by atoms with E-state index < -0.39 is 0 Å². The van der Waals surface area contributed by atoms with Gasteiger partial charge in [0.25, 0.3) is 0 Å². The SMILES string of the molecule is Cc1[nH]c2ccccc2c1CC(=O)NCCN(C(C)C)C(C)C. The molecule has 0 bridgehead atoms. The predicted octanol–water partition coefficient (Wildman–Crippen LogP) is 3.25. The number of aryl methyl sites for hydroxylation is 1. The summed E-state index contributed by atoms with van der Waals surface area (Å²) in [5, 5.41) is 4.20. The van der Waals surface area contributed by atoms with Crippen LogP contribution in [0.15, 0.2) is 24.3 Å². The Kier molecular flexibility index (Phi) is 5.83. The Morgan fingerprint density at radius 1 is 1.17 bits per heavy atom. The van der Waals surface area contributed by atoms with Crippen LogP contribution in [0.5, 0.6) is 0 Å². The molecule has 2 N–H and O–H groups in total. The van der Waals surface area contributed by atoms with Crippen LogP contribution in [0.3, 0.4) is 0 Å². The number of carbonyl (C=O) groups excluding carboxylic acids is 1. The minimum Gasteiger partial charge on any atom is -0.358 e. The molecule has 0 saturated heterocycles. The van der Waals surface area contributed by atoms with Crippen LogP contribution in [-0.2, 0) is 11.2 Å². The number of hydrogen-bond donors (Lipinski definition) is 2. The molecule has 0 aliphatic rings. The molecule has 23 heavy (non-hydrogen) atoms. The van der Waals surface area contributed by atoms with Gasteiger partial charge in [0.2, 0.25) is 5.91 Å². The van der Waals surface area contributed by atoms with Gasteiger partial charge in [0.15, 0.2) is 0 Å². The topological polar surface area (TPSA) is 48.1 Å². The number of aromatic nitrogens is 1. The normalized spacial score (nSPS) is 11.8. The third-order valence-corrected chi connectivity index (χ3v) is 4.38. The molecule has 1 aromatic carbocycles. The first-order valence-corrected chi connectivity index (χ1v) is 8.48. The Morgan fingerprint density at radius 2 is 1.83 bits per heavy atom. The second-order valence-corrected chi connectivity index (χ2v) is 6.73. The summed E-state index contributed by atoms with van der Waals surface area (Å²) in [7, 11) is 0. The van der Waals surface area contributed by atoms with Crippen molar-refractivity contribution >= 4 is 16.8 Å². The number of amides is 1. The lowest BCUT2D eigenvalue weighted by Gasteiger charge is -2.30. The van der Waals surface area contributed by atoms with Crippen molar-refractivity contribution in [1.29, 1.82) is 0 Å². The van der Waals surface area contributed by atoms with Crippen molar-refractivity contribution in [3.05, 3.63) is 35.5 Å². The van der Waals surface area contributed by atoms with Crippen molar-refractivity contribution in [2.75, 3.05) is 13.1 Å². The summed E-state index contributed by atoms with van der Waals surface area (Å²) in [5.74, 6) is 0.0883. The molecule has 2 rings (SSSR count). The maximum atomic E-state index is 12.3. The summed E-state index contributed by atoms with van der Waals surface area (Å²) in [6.07, 6.45) is 0.430. The minimum atomic E-state index is 0.0883. The van der Waals surface area contributed by atoms with Gasteiger partial charge in [-0.05, 0) is 46.2 Å². The molecule has 0 unspecified atom stereocenters. The van der Waals surface area contributed by atoms with E-state index in [4.69, 9.17) is 0 Å². The van der Waals surface area contributed by atoms with Gasteiger partial charge in [-0.3, -0.25) is 9.69 Å². The first kappa shape index (κ1) is 17.5. The van der Waals surface area contributed by atoms with Crippen molar-refractivity contribution in [3.8, 4) is 0 Å². The van der Waals surface area contributed by atoms with E-state index in [-0.39, 0.29) is 5.91 Å². The van der Waals surface area contributed by atoms with Gasteiger partial charge in [-0.2, -0.15) is 0 Å². The number of hydrogen-bond acceptors (Lipinski definition) is 2. The maximum Gasteiger partial charge on any atom is 0.224 e. The molecular formula is C19H29N3O. The Labute approximate surface area is 139 Å². The fourth-order valence-electron chi connectivity index (χ4n) is 3.22. The molecule has 0 aliphatic heterocycles. The molecule has 0 atom stereocenters. The summed E-state index contributed by atoms with van der Waals surface area (Å²) in [5.41, 5.74) is 3.27. The van der Waals surface area contributed by atoms with Gasteiger partial charge in [0.05, 0.1) is 6.42 Å². The van der Waals surface area contributed by atoms with Crippen molar-refractivity contribution in [3.63, 3.8) is 0 Å². The largest absolute Gasteiger partial charge is 0.358 e. The quantitative estimate of drug-likeness (QED) is 0.824. The Morgan fingerprint density at radius 3 is 2.48 bits per heavy atom. The summed E-state index contributed by atoms with van der Waals surface area (Å²) >= 11 is 0. The van der Waals surface area contributed by atoms with Crippen molar-refractivity contribution in [1.82, 2.24) is 15.2 Å². The molecule has 1 aromatic heterocycles. The molecule has 0 saturated carbocycles. The second-order valence-electron chi connectivity index (χ2n) is 6.73. The zero-order chi connectivity index (χ0) is 17.0. The zero-order valence-electron chi connectivity index (χ0n) is 14.9. The fraction of sp³-hybridized carbons (Fsp3) is 0.526. The number of fused-ring (bicyclic) bond motifs is 1. The first-order valence-electron chi connectivity index (χ1n) is 8.48. The number of rotatable bonds is 7. The number of aromatic amines is 1. The fourth-order valence-corrected chi connectivity index (χ4v) is 3.22. The van der Waals surface area contributed by atoms with Crippen LogP contribution in [0, 0.1) is 6.92 Å². The lowest BCUT2D eigenvalue weighted by molar-refractivity contribution is -0.120. The van der Waals surface area contributed by atoms with E-state index in [1.807, 2.05) is 25.1 Å². The first-order chi connectivity index (χ1) is 10.9. The highest BCUT2D eigenvalue weighted by molar-refractivity contribution is 5.90. The third kappa shape index (κ3) is 4.35. The molecule has 0 aliphatic carbocycles. The third-order valence-electron chi connectivity index (χ3n) is 4.38. The molecule has 1 amide bonds. The summed E-state index contributed by atoms with van der Waals surface area (Å²) in [6, 6.07) is 9.12. The smallest absolute Gasteiger partial charge is 0.224 e. The standard InChI is InChI=1S/C19H29N3O/c1-13(2)22(14(3)4)11-10-20-19(23)12-17-15(5)21-18-9-7-6-8-16(17)18/h6-9,13-14,21H,10-12H2,1-5H3,(H,20,23). The Bertz CT molecular complexity index is 650. The number of benzene rings is 1. The van der Waals surface area contributed by atoms with Crippen LogP contribution in [0.4, 0.5) is 0 Å². The lowest BCUT2D eigenvalue weighted by Crippen LogP contribution is -2.42. The monoisotopic (exact) mass is 315 g/mol. The van der Waals surface area contributed by atoms with Gasteiger partial charge < -0.3 is 10.3 Å². The number of carbonyl (C=O) groups is 1. The van der Waals surface area contributed by atoms with Crippen molar-refractivity contribution in [2.45, 2.75) is 53.1 Å². The minimum absolute atomic E-state index is 0.0883.